The van der Waals surface area contributed by atoms with Crippen LogP contribution in [0.5, 0.6) is 0 Å². The average Bonchev–Trinajstić information content (AvgIpc) is 2.53. The first-order valence-corrected chi connectivity index (χ1v) is 4.25. The fraction of sp³-hybridized carbons (Fsp3) is 0.182. The van der Waals surface area contributed by atoms with E-state index in [0.717, 1.165) is 11.1 Å². The first-order chi connectivity index (χ1) is 6.34. The van der Waals surface area contributed by atoms with Crippen molar-refractivity contribution in [2.75, 3.05) is 6.61 Å². The molecule has 1 aromatic carbocycles. The molecule has 0 aromatic heterocycles. The Morgan fingerprint density at radius 1 is 1.23 bits per heavy atom. The molecule has 1 aromatic rings. The third kappa shape index (κ3) is 1.96. The molecule has 0 N–H and O–H groups in total. The monoisotopic (exact) mass is 174 g/mol. The second-order valence-electron chi connectivity index (χ2n) is 3.05. The van der Waals surface area contributed by atoms with Gasteiger partial charge in [0.25, 0.3) is 0 Å². The minimum absolute atomic E-state index is 0.123. The Kier molecular flexibility index (Phi) is 2.13. The van der Waals surface area contributed by atoms with Crippen LogP contribution in [0.4, 0.5) is 0 Å². The number of esters is 1. The first kappa shape index (κ1) is 8.05. The highest BCUT2D eigenvalue weighted by atomic mass is 16.5. The molecular weight excluding hydrogens is 164 g/mol. The maximum absolute atomic E-state index is 10.8. The lowest BCUT2D eigenvalue weighted by molar-refractivity contribution is -0.137. The summed E-state index contributed by atoms with van der Waals surface area (Å²) >= 11 is 0. The van der Waals surface area contributed by atoms with Gasteiger partial charge in [0.2, 0.25) is 0 Å². The lowest BCUT2D eigenvalue weighted by Crippen LogP contribution is -1.88. The molecule has 1 aliphatic heterocycles. The van der Waals surface area contributed by atoms with Crippen LogP contribution in [-0.2, 0) is 9.53 Å². The number of ether oxygens (including phenoxy) is 1. The number of hydrogen-bond acceptors (Lipinski definition) is 2. The topological polar surface area (TPSA) is 26.3 Å². The zero-order valence-corrected chi connectivity index (χ0v) is 7.19. The Balaban J connectivity index is 2.17. The zero-order chi connectivity index (χ0) is 9.10. The summed E-state index contributed by atoms with van der Waals surface area (Å²) in [6, 6.07) is 9.94. The molecule has 0 amide bonds. The van der Waals surface area contributed by atoms with E-state index in [1.807, 2.05) is 36.4 Å². The van der Waals surface area contributed by atoms with E-state index in [2.05, 4.69) is 0 Å². The van der Waals surface area contributed by atoms with Gasteiger partial charge in [-0.3, -0.25) is 4.79 Å². The number of hydrogen-bond donors (Lipinski definition) is 0. The predicted molar refractivity (Wildman–Crippen MR) is 50.0 cm³/mol. The molecule has 0 radical (unpaired) electrons. The predicted octanol–water partition coefficient (Wildman–Crippen LogP) is 2.02. The summed E-state index contributed by atoms with van der Waals surface area (Å²) in [7, 11) is 0. The highest BCUT2D eigenvalue weighted by molar-refractivity contribution is 5.78. The zero-order valence-electron chi connectivity index (χ0n) is 7.19. The van der Waals surface area contributed by atoms with E-state index in [1.54, 1.807) is 0 Å². The summed E-state index contributed by atoms with van der Waals surface area (Å²) in [4.78, 5) is 10.8. The molecule has 0 saturated carbocycles. The van der Waals surface area contributed by atoms with Crippen LogP contribution in [-0.4, -0.2) is 12.6 Å². The third-order valence-corrected chi connectivity index (χ3v) is 1.96. The van der Waals surface area contributed by atoms with E-state index in [-0.39, 0.29) is 5.97 Å². The average molecular weight is 174 g/mol. The Morgan fingerprint density at radius 2 is 2.00 bits per heavy atom. The summed E-state index contributed by atoms with van der Waals surface area (Å²) in [6.07, 6.45) is 2.44. The number of rotatable bonds is 1. The lowest BCUT2D eigenvalue weighted by Gasteiger charge is -1.93. The molecule has 13 heavy (non-hydrogen) atoms. The summed E-state index contributed by atoms with van der Waals surface area (Å²) < 4.78 is 4.83. The number of benzene rings is 1. The summed E-state index contributed by atoms with van der Waals surface area (Å²) in [6.45, 7) is 0.452. The van der Waals surface area contributed by atoms with E-state index in [0.29, 0.717) is 13.0 Å². The summed E-state index contributed by atoms with van der Waals surface area (Å²) in [5.41, 5.74) is 2.17. The van der Waals surface area contributed by atoms with Gasteiger partial charge in [0, 0.05) is 0 Å². The molecule has 66 valence electrons. The Bertz CT molecular complexity index is 338. The van der Waals surface area contributed by atoms with Gasteiger partial charge in [0.05, 0.1) is 6.42 Å². The minimum atomic E-state index is -0.123. The van der Waals surface area contributed by atoms with Gasteiger partial charge in [-0.15, -0.1) is 0 Å². The molecule has 2 nitrogen and oxygen atoms in total. The largest absolute Gasteiger partial charge is 0.461 e. The smallest absolute Gasteiger partial charge is 0.310 e. The second kappa shape index (κ2) is 3.44. The van der Waals surface area contributed by atoms with E-state index in [9.17, 15) is 4.79 Å². The van der Waals surface area contributed by atoms with Crippen molar-refractivity contribution < 1.29 is 9.53 Å². The molecule has 1 saturated heterocycles. The van der Waals surface area contributed by atoms with E-state index in [1.165, 1.54) is 0 Å². The Labute approximate surface area is 76.8 Å². The molecule has 0 unspecified atom stereocenters. The van der Waals surface area contributed by atoms with Crippen molar-refractivity contribution in [3.05, 3.63) is 41.5 Å². The van der Waals surface area contributed by atoms with Crippen molar-refractivity contribution in [3.63, 3.8) is 0 Å². The van der Waals surface area contributed by atoms with Crippen molar-refractivity contribution >= 4 is 12.0 Å². The second-order valence-corrected chi connectivity index (χ2v) is 3.05. The molecular formula is C11H10O2. The van der Waals surface area contributed by atoms with Gasteiger partial charge < -0.3 is 4.74 Å². The molecule has 0 atom stereocenters. The highest BCUT2D eigenvalue weighted by Crippen LogP contribution is 2.16. The SMILES string of the molecule is O=C1C/C(=C/c2ccccc2)CO1. The van der Waals surface area contributed by atoms with Crippen LogP contribution in [0.1, 0.15) is 12.0 Å². The van der Waals surface area contributed by atoms with Crippen molar-refractivity contribution in [2.24, 2.45) is 0 Å². The van der Waals surface area contributed by atoms with Crippen molar-refractivity contribution in [2.45, 2.75) is 6.42 Å². The molecule has 0 bridgehead atoms. The molecule has 2 rings (SSSR count). The normalized spacial score (nSPS) is 19.1. The lowest BCUT2D eigenvalue weighted by atomic mass is 10.1. The van der Waals surface area contributed by atoms with Crippen molar-refractivity contribution in [3.8, 4) is 0 Å². The highest BCUT2D eigenvalue weighted by Gasteiger charge is 2.15. The summed E-state index contributed by atoms with van der Waals surface area (Å²) in [5, 5.41) is 0. The van der Waals surface area contributed by atoms with Crippen LogP contribution in [0.25, 0.3) is 6.08 Å². The van der Waals surface area contributed by atoms with Crippen LogP contribution < -0.4 is 0 Å². The summed E-state index contributed by atoms with van der Waals surface area (Å²) in [5.74, 6) is -0.123. The quantitative estimate of drug-likeness (QED) is 0.609. The van der Waals surface area contributed by atoms with E-state index in [4.69, 9.17) is 4.74 Å². The van der Waals surface area contributed by atoms with Gasteiger partial charge in [-0.05, 0) is 11.1 Å². The molecule has 1 heterocycles. The van der Waals surface area contributed by atoms with Crippen LogP contribution in [0.2, 0.25) is 0 Å². The standard InChI is InChI=1S/C11H10O2/c12-11-7-10(8-13-11)6-9-4-2-1-3-5-9/h1-6H,7-8H2/b10-6-. The Hall–Kier alpha value is -1.57. The first-order valence-electron chi connectivity index (χ1n) is 4.25. The minimum Gasteiger partial charge on any atom is -0.461 e. The van der Waals surface area contributed by atoms with Gasteiger partial charge >= 0.3 is 5.97 Å². The van der Waals surface area contributed by atoms with Gasteiger partial charge in [0.1, 0.15) is 6.61 Å². The van der Waals surface area contributed by atoms with Crippen LogP contribution in [0.15, 0.2) is 35.9 Å². The van der Waals surface area contributed by atoms with Gasteiger partial charge in [-0.2, -0.15) is 0 Å². The maximum Gasteiger partial charge on any atom is 0.310 e. The van der Waals surface area contributed by atoms with Crippen LogP contribution in [0.3, 0.4) is 0 Å². The fourth-order valence-corrected chi connectivity index (χ4v) is 1.34. The molecule has 1 fully saturated rings. The Morgan fingerprint density at radius 3 is 2.62 bits per heavy atom. The van der Waals surface area contributed by atoms with Gasteiger partial charge in [-0.25, -0.2) is 0 Å². The van der Waals surface area contributed by atoms with Crippen molar-refractivity contribution in [1.29, 1.82) is 0 Å². The number of carbonyl (C=O) groups excluding carboxylic acids is 1. The number of cyclic esters (lactones) is 1. The van der Waals surface area contributed by atoms with Crippen molar-refractivity contribution in [1.82, 2.24) is 0 Å². The van der Waals surface area contributed by atoms with Gasteiger partial charge in [0.15, 0.2) is 0 Å². The maximum atomic E-state index is 10.8. The molecule has 0 spiro atoms. The fourth-order valence-electron chi connectivity index (χ4n) is 1.34. The molecule has 0 aliphatic carbocycles. The third-order valence-electron chi connectivity index (χ3n) is 1.96. The number of carbonyl (C=O) groups is 1. The van der Waals surface area contributed by atoms with Gasteiger partial charge in [-0.1, -0.05) is 36.4 Å². The molecule has 1 aliphatic rings. The van der Waals surface area contributed by atoms with Crippen LogP contribution >= 0.6 is 0 Å². The van der Waals surface area contributed by atoms with E-state index >= 15 is 0 Å². The van der Waals surface area contributed by atoms with Crippen LogP contribution in [0, 0.1) is 0 Å². The van der Waals surface area contributed by atoms with E-state index < -0.39 is 0 Å². The molecule has 2 heteroatoms.